The molecule has 1 aliphatic rings. The van der Waals surface area contributed by atoms with Gasteiger partial charge in [0.1, 0.15) is 0 Å². The molecule has 0 fully saturated rings. The van der Waals surface area contributed by atoms with Crippen LogP contribution in [0.2, 0.25) is 0 Å². The Morgan fingerprint density at radius 1 is 1.29 bits per heavy atom. The van der Waals surface area contributed by atoms with Crippen molar-refractivity contribution >= 4 is 11.8 Å². The molecule has 0 heterocycles. The molecule has 17 heavy (non-hydrogen) atoms. The summed E-state index contributed by atoms with van der Waals surface area (Å²) in [6.45, 7) is 7.99. The SMILES string of the molecule is CCCNC(CSC(C)C)C1=CCCCCC1. The van der Waals surface area contributed by atoms with Crippen LogP contribution in [-0.2, 0) is 0 Å². The Bertz CT molecular complexity index is 223. The predicted octanol–water partition coefficient (Wildman–Crippen LogP) is 4.39. The molecule has 0 aromatic heterocycles. The number of thioether (sulfide) groups is 1. The van der Waals surface area contributed by atoms with Gasteiger partial charge in [-0.05, 0) is 43.9 Å². The van der Waals surface area contributed by atoms with Crippen molar-refractivity contribution in [3.63, 3.8) is 0 Å². The maximum atomic E-state index is 3.73. The smallest absolute Gasteiger partial charge is 0.0370 e. The van der Waals surface area contributed by atoms with Gasteiger partial charge < -0.3 is 5.32 Å². The van der Waals surface area contributed by atoms with Crippen LogP contribution in [0.25, 0.3) is 0 Å². The highest BCUT2D eigenvalue weighted by Crippen LogP contribution is 2.23. The maximum Gasteiger partial charge on any atom is 0.0370 e. The summed E-state index contributed by atoms with van der Waals surface area (Å²) in [6.07, 6.45) is 10.6. The molecule has 0 radical (unpaired) electrons. The van der Waals surface area contributed by atoms with Crippen molar-refractivity contribution in [2.45, 2.75) is 70.6 Å². The van der Waals surface area contributed by atoms with Gasteiger partial charge in [0.25, 0.3) is 0 Å². The molecule has 1 unspecified atom stereocenters. The van der Waals surface area contributed by atoms with E-state index in [1.165, 1.54) is 44.3 Å². The van der Waals surface area contributed by atoms with Crippen LogP contribution >= 0.6 is 11.8 Å². The third-order valence-electron chi connectivity index (χ3n) is 3.26. The van der Waals surface area contributed by atoms with Crippen LogP contribution in [0.1, 0.15) is 59.3 Å². The topological polar surface area (TPSA) is 12.0 Å². The van der Waals surface area contributed by atoms with Gasteiger partial charge in [0.05, 0.1) is 0 Å². The fourth-order valence-electron chi connectivity index (χ4n) is 2.26. The van der Waals surface area contributed by atoms with E-state index in [2.05, 4.69) is 43.9 Å². The Morgan fingerprint density at radius 3 is 2.82 bits per heavy atom. The van der Waals surface area contributed by atoms with Crippen LogP contribution in [0.15, 0.2) is 11.6 Å². The van der Waals surface area contributed by atoms with Crippen molar-refractivity contribution in [3.8, 4) is 0 Å². The lowest BCUT2D eigenvalue weighted by Crippen LogP contribution is -2.34. The molecule has 0 aliphatic heterocycles. The minimum Gasteiger partial charge on any atom is -0.310 e. The molecule has 1 N–H and O–H groups in total. The van der Waals surface area contributed by atoms with Crippen LogP contribution in [0.4, 0.5) is 0 Å². The van der Waals surface area contributed by atoms with Gasteiger partial charge in [-0.25, -0.2) is 0 Å². The normalized spacial score (nSPS) is 18.9. The van der Waals surface area contributed by atoms with E-state index in [0.717, 1.165) is 11.8 Å². The minimum absolute atomic E-state index is 0.625. The summed E-state index contributed by atoms with van der Waals surface area (Å²) >= 11 is 2.09. The molecule has 0 spiro atoms. The molecule has 1 rings (SSSR count). The first kappa shape index (κ1) is 15.1. The van der Waals surface area contributed by atoms with Crippen molar-refractivity contribution in [2.24, 2.45) is 0 Å². The molecule has 0 amide bonds. The maximum absolute atomic E-state index is 3.73. The van der Waals surface area contributed by atoms with Crippen LogP contribution in [-0.4, -0.2) is 23.6 Å². The first-order valence-corrected chi connectivity index (χ1v) is 8.32. The first-order chi connectivity index (χ1) is 8.24. The highest BCUT2D eigenvalue weighted by atomic mass is 32.2. The quantitative estimate of drug-likeness (QED) is 0.677. The summed E-state index contributed by atoms with van der Waals surface area (Å²) in [5, 5.41) is 4.48. The van der Waals surface area contributed by atoms with Gasteiger partial charge in [-0.15, -0.1) is 0 Å². The second kappa shape index (κ2) is 9.04. The van der Waals surface area contributed by atoms with E-state index >= 15 is 0 Å². The Hall–Kier alpha value is 0.0500. The zero-order valence-corrected chi connectivity index (χ0v) is 12.6. The average molecular weight is 255 g/mol. The summed E-state index contributed by atoms with van der Waals surface area (Å²) in [5.41, 5.74) is 1.68. The Balaban J connectivity index is 2.49. The predicted molar refractivity (Wildman–Crippen MR) is 80.8 cm³/mol. The zero-order valence-electron chi connectivity index (χ0n) is 11.8. The molecule has 1 atom stereocenters. The van der Waals surface area contributed by atoms with Gasteiger partial charge in [-0.3, -0.25) is 0 Å². The van der Waals surface area contributed by atoms with E-state index in [4.69, 9.17) is 0 Å². The van der Waals surface area contributed by atoms with Crippen LogP contribution in [0.3, 0.4) is 0 Å². The molecule has 0 aromatic rings. The van der Waals surface area contributed by atoms with E-state index in [1.807, 2.05) is 0 Å². The lowest BCUT2D eigenvalue weighted by molar-refractivity contribution is 0.584. The molecular formula is C15H29NS. The number of hydrogen-bond donors (Lipinski definition) is 1. The van der Waals surface area contributed by atoms with Crippen molar-refractivity contribution in [3.05, 3.63) is 11.6 Å². The third kappa shape index (κ3) is 6.52. The highest BCUT2D eigenvalue weighted by molar-refractivity contribution is 7.99. The highest BCUT2D eigenvalue weighted by Gasteiger charge is 2.15. The molecule has 0 saturated heterocycles. The summed E-state index contributed by atoms with van der Waals surface area (Å²) in [4.78, 5) is 0. The van der Waals surface area contributed by atoms with Crippen LogP contribution in [0, 0.1) is 0 Å². The Labute approximate surface area is 112 Å². The second-order valence-corrected chi connectivity index (χ2v) is 6.88. The molecule has 1 aliphatic carbocycles. The molecule has 2 heteroatoms. The van der Waals surface area contributed by atoms with E-state index in [9.17, 15) is 0 Å². The third-order valence-corrected chi connectivity index (χ3v) is 4.45. The van der Waals surface area contributed by atoms with Gasteiger partial charge in [0, 0.05) is 11.8 Å². The summed E-state index contributed by atoms with van der Waals surface area (Å²) in [5.74, 6) is 1.24. The molecule has 0 bridgehead atoms. The lowest BCUT2D eigenvalue weighted by atomic mass is 10.0. The molecule has 1 nitrogen and oxygen atoms in total. The largest absolute Gasteiger partial charge is 0.310 e. The summed E-state index contributed by atoms with van der Waals surface area (Å²) in [7, 11) is 0. The number of rotatable bonds is 7. The molecule has 0 aromatic carbocycles. The second-order valence-electron chi connectivity index (χ2n) is 5.27. The molecule has 100 valence electrons. The van der Waals surface area contributed by atoms with E-state index in [0.29, 0.717) is 6.04 Å². The first-order valence-electron chi connectivity index (χ1n) is 7.28. The standard InChI is InChI=1S/C15H29NS/c1-4-11-16-15(12-17-13(2)3)14-9-7-5-6-8-10-14/h9,13,15-16H,4-8,10-12H2,1-3H3. The zero-order chi connectivity index (χ0) is 12.5. The van der Waals surface area contributed by atoms with E-state index in [-0.39, 0.29) is 0 Å². The minimum atomic E-state index is 0.625. The van der Waals surface area contributed by atoms with Gasteiger partial charge in [0.15, 0.2) is 0 Å². The lowest BCUT2D eigenvalue weighted by Gasteiger charge is -2.22. The van der Waals surface area contributed by atoms with Crippen molar-refractivity contribution in [2.75, 3.05) is 12.3 Å². The van der Waals surface area contributed by atoms with E-state index < -0.39 is 0 Å². The van der Waals surface area contributed by atoms with E-state index in [1.54, 1.807) is 5.57 Å². The van der Waals surface area contributed by atoms with Gasteiger partial charge >= 0.3 is 0 Å². The van der Waals surface area contributed by atoms with Crippen molar-refractivity contribution < 1.29 is 0 Å². The van der Waals surface area contributed by atoms with Gasteiger partial charge in [-0.1, -0.05) is 38.8 Å². The fraction of sp³-hybridized carbons (Fsp3) is 0.867. The average Bonchev–Trinajstić information content (AvgIpc) is 2.57. The van der Waals surface area contributed by atoms with Gasteiger partial charge in [0.2, 0.25) is 0 Å². The van der Waals surface area contributed by atoms with Crippen LogP contribution < -0.4 is 5.32 Å². The number of allylic oxidation sites excluding steroid dienone is 1. The van der Waals surface area contributed by atoms with Crippen molar-refractivity contribution in [1.29, 1.82) is 0 Å². The molecular weight excluding hydrogens is 226 g/mol. The monoisotopic (exact) mass is 255 g/mol. The Kier molecular flexibility index (Phi) is 8.04. The molecule has 0 saturated carbocycles. The number of nitrogens with one attached hydrogen (secondary N) is 1. The number of hydrogen-bond acceptors (Lipinski definition) is 2. The summed E-state index contributed by atoms with van der Waals surface area (Å²) in [6, 6.07) is 0.625. The Morgan fingerprint density at radius 2 is 2.12 bits per heavy atom. The van der Waals surface area contributed by atoms with Crippen LogP contribution in [0.5, 0.6) is 0 Å². The van der Waals surface area contributed by atoms with Crippen molar-refractivity contribution in [1.82, 2.24) is 5.32 Å². The fourth-order valence-corrected chi connectivity index (χ4v) is 3.17. The summed E-state index contributed by atoms with van der Waals surface area (Å²) < 4.78 is 0. The van der Waals surface area contributed by atoms with Gasteiger partial charge in [-0.2, -0.15) is 11.8 Å².